The van der Waals surface area contributed by atoms with Gasteiger partial charge in [-0.1, -0.05) is 30.7 Å². The van der Waals surface area contributed by atoms with Gasteiger partial charge in [0.15, 0.2) is 0 Å². The summed E-state index contributed by atoms with van der Waals surface area (Å²) < 4.78 is 13.9. The summed E-state index contributed by atoms with van der Waals surface area (Å²) in [5, 5.41) is 1.66. The molecule has 31 heavy (non-hydrogen) atoms. The maximum absolute atomic E-state index is 13.9. The average molecular weight is 436 g/mol. The Morgan fingerprint density at radius 3 is 2.48 bits per heavy atom. The Hall–Kier alpha value is -2.26. The predicted molar refractivity (Wildman–Crippen MR) is 123 cm³/mol. The number of hydrogen-bond acceptors (Lipinski definition) is 2. The Kier molecular flexibility index (Phi) is 5.56. The molecule has 0 bridgehead atoms. The van der Waals surface area contributed by atoms with E-state index in [-0.39, 0.29) is 11.7 Å². The van der Waals surface area contributed by atoms with Crippen LogP contribution in [-0.2, 0) is 11.2 Å². The molecule has 2 fully saturated rings. The summed E-state index contributed by atoms with van der Waals surface area (Å²) in [5.41, 5.74) is 3.15. The van der Waals surface area contributed by atoms with Crippen LogP contribution in [0, 0.1) is 29.5 Å². The third-order valence-electron chi connectivity index (χ3n) is 7.74. The number of Topliss-reactive ketones (excluding diaryl/α,β-unsaturated/α-hetero) is 1. The van der Waals surface area contributed by atoms with Gasteiger partial charge in [-0.15, -0.1) is 0 Å². The molecule has 2 unspecified atom stereocenters. The standard InChI is InChI=1S/C27H27ClFNO/c1-16(27(31)10-17-2-4-22(28)5-3-17)18-11-19-13-21(14-20(19)12-18)24-8-9-30-26-7-6-23(29)15-25(24)26/h2-9,15-16,18-21H,10-14H2,1H3/t16-,18?,19-,20+,21?/m0/s1. The molecule has 0 radical (unpaired) electrons. The summed E-state index contributed by atoms with van der Waals surface area (Å²) in [5.74, 6) is 2.49. The Bertz CT molecular complexity index is 1100. The van der Waals surface area contributed by atoms with Crippen molar-refractivity contribution < 1.29 is 9.18 Å². The van der Waals surface area contributed by atoms with Crippen molar-refractivity contribution in [1.29, 1.82) is 0 Å². The number of hydrogen-bond donors (Lipinski definition) is 0. The van der Waals surface area contributed by atoms with Gasteiger partial charge in [-0.25, -0.2) is 4.39 Å². The fourth-order valence-electron chi connectivity index (χ4n) is 6.05. The molecule has 2 nitrogen and oxygen atoms in total. The van der Waals surface area contributed by atoms with Crippen molar-refractivity contribution in [3.63, 3.8) is 0 Å². The molecule has 0 saturated heterocycles. The molecule has 4 heteroatoms. The number of pyridine rings is 1. The summed E-state index contributed by atoms with van der Waals surface area (Å²) in [7, 11) is 0. The second kappa shape index (κ2) is 8.35. The fraction of sp³-hybridized carbons (Fsp3) is 0.407. The van der Waals surface area contributed by atoms with Crippen molar-refractivity contribution in [1.82, 2.24) is 4.98 Å². The number of rotatable bonds is 5. The lowest BCUT2D eigenvalue weighted by atomic mass is 9.83. The molecule has 2 saturated carbocycles. The first-order chi connectivity index (χ1) is 15.0. The highest BCUT2D eigenvalue weighted by Gasteiger charge is 2.44. The molecule has 2 aliphatic rings. The molecule has 1 heterocycles. The first kappa shape index (κ1) is 20.6. The van der Waals surface area contributed by atoms with Crippen LogP contribution in [0.25, 0.3) is 10.9 Å². The number of carbonyl (C=O) groups is 1. The minimum Gasteiger partial charge on any atom is -0.299 e. The summed E-state index contributed by atoms with van der Waals surface area (Å²) >= 11 is 5.96. The first-order valence-corrected chi connectivity index (χ1v) is 11.7. The van der Waals surface area contributed by atoms with E-state index in [1.807, 2.05) is 30.5 Å². The molecule has 2 aromatic carbocycles. The smallest absolute Gasteiger partial charge is 0.140 e. The van der Waals surface area contributed by atoms with Crippen LogP contribution in [0.4, 0.5) is 4.39 Å². The van der Waals surface area contributed by atoms with Crippen LogP contribution < -0.4 is 0 Å². The molecule has 5 atom stereocenters. The minimum atomic E-state index is -0.201. The lowest BCUT2D eigenvalue weighted by Gasteiger charge is -2.21. The summed E-state index contributed by atoms with van der Waals surface area (Å²) in [6, 6.07) is 14.6. The zero-order chi connectivity index (χ0) is 21.5. The predicted octanol–water partition coefficient (Wildman–Crippen LogP) is 7.00. The second-order valence-electron chi connectivity index (χ2n) is 9.54. The van der Waals surface area contributed by atoms with Crippen LogP contribution >= 0.6 is 11.6 Å². The quantitative estimate of drug-likeness (QED) is 0.432. The van der Waals surface area contributed by atoms with Crippen LogP contribution in [0.1, 0.15) is 49.7 Å². The number of aromatic nitrogens is 1. The van der Waals surface area contributed by atoms with Crippen LogP contribution in [0.15, 0.2) is 54.7 Å². The van der Waals surface area contributed by atoms with E-state index in [2.05, 4.69) is 18.0 Å². The number of benzene rings is 2. The first-order valence-electron chi connectivity index (χ1n) is 11.3. The van der Waals surface area contributed by atoms with Gasteiger partial charge in [0.2, 0.25) is 0 Å². The molecular formula is C27H27ClFNO. The van der Waals surface area contributed by atoms with Crippen LogP contribution in [0.2, 0.25) is 5.02 Å². The van der Waals surface area contributed by atoms with Crippen molar-refractivity contribution in [3.05, 3.63) is 76.7 Å². The van der Waals surface area contributed by atoms with E-state index in [0.717, 1.165) is 42.1 Å². The zero-order valence-corrected chi connectivity index (χ0v) is 18.5. The zero-order valence-electron chi connectivity index (χ0n) is 17.7. The van der Waals surface area contributed by atoms with Crippen LogP contribution in [0.5, 0.6) is 0 Å². The molecule has 3 aromatic rings. The van der Waals surface area contributed by atoms with Gasteiger partial charge in [-0.2, -0.15) is 0 Å². The van der Waals surface area contributed by atoms with Gasteiger partial charge in [0.05, 0.1) is 5.52 Å². The molecule has 5 rings (SSSR count). The molecule has 2 aliphatic carbocycles. The molecule has 1 aromatic heterocycles. The molecule has 0 N–H and O–H groups in total. The van der Waals surface area contributed by atoms with Gasteiger partial charge in [-0.05, 0) is 96.9 Å². The number of halogens is 2. The van der Waals surface area contributed by atoms with E-state index in [1.165, 1.54) is 11.6 Å². The van der Waals surface area contributed by atoms with E-state index in [4.69, 9.17) is 11.6 Å². The third-order valence-corrected chi connectivity index (χ3v) is 7.99. The van der Waals surface area contributed by atoms with Gasteiger partial charge in [-0.3, -0.25) is 9.78 Å². The molecule has 0 amide bonds. The van der Waals surface area contributed by atoms with Crippen molar-refractivity contribution in [2.75, 3.05) is 0 Å². The van der Waals surface area contributed by atoms with Crippen LogP contribution in [-0.4, -0.2) is 10.8 Å². The van der Waals surface area contributed by atoms with Crippen molar-refractivity contribution in [3.8, 4) is 0 Å². The van der Waals surface area contributed by atoms with E-state index < -0.39 is 0 Å². The van der Waals surface area contributed by atoms with Crippen molar-refractivity contribution >= 4 is 28.3 Å². The van der Waals surface area contributed by atoms with E-state index in [1.54, 1.807) is 12.1 Å². The van der Waals surface area contributed by atoms with Crippen molar-refractivity contribution in [2.45, 2.75) is 44.9 Å². The van der Waals surface area contributed by atoms with Crippen molar-refractivity contribution in [2.24, 2.45) is 23.7 Å². The minimum absolute atomic E-state index is 0.0931. The van der Waals surface area contributed by atoms with Gasteiger partial charge in [0.1, 0.15) is 11.6 Å². The monoisotopic (exact) mass is 435 g/mol. The lowest BCUT2D eigenvalue weighted by Crippen LogP contribution is -2.21. The summed E-state index contributed by atoms with van der Waals surface area (Å²) in [6.07, 6.45) is 6.87. The molecular weight excluding hydrogens is 409 g/mol. The number of ketones is 1. The fourth-order valence-corrected chi connectivity index (χ4v) is 6.17. The molecule has 160 valence electrons. The van der Waals surface area contributed by atoms with Crippen LogP contribution in [0.3, 0.4) is 0 Å². The Morgan fingerprint density at radius 2 is 1.77 bits per heavy atom. The highest BCUT2D eigenvalue weighted by Crippen LogP contribution is 2.54. The Labute approximate surface area is 187 Å². The number of fused-ring (bicyclic) bond motifs is 2. The summed E-state index contributed by atoms with van der Waals surface area (Å²) in [6.45, 7) is 2.11. The second-order valence-corrected chi connectivity index (χ2v) is 9.98. The summed E-state index contributed by atoms with van der Waals surface area (Å²) in [4.78, 5) is 17.3. The SMILES string of the molecule is C[C@H](C(=O)Cc1ccc(Cl)cc1)C1C[C@H]2CC(c3ccnc4ccc(F)cc34)C[C@H]2C1. The lowest BCUT2D eigenvalue weighted by molar-refractivity contribution is -0.123. The van der Waals surface area contributed by atoms with E-state index >= 15 is 0 Å². The number of carbonyl (C=O) groups excluding carboxylic acids is 1. The topological polar surface area (TPSA) is 30.0 Å². The maximum atomic E-state index is 13.9. The average Bonchev–Trinajstić information content (AvgIpc) is 3.33. The Balaban J connectivity index is 1.24. The highest BCUT2D eigenvalue weighted by atomic mass is 35.5. The third kappa shape index (κ3) is 4.13. The molecule has 0 aliphatic heterocycles. The largest absolute Gasteiger partial charge is 0.299 e. The highest BCUT2D eigenvalue weighted by molar-refractivity contribution is 6.30. The van der Waals surface area contributed by atoms with E-state index in [0.29, 0.717) is 40.9 Å². The van der Waals surface area contributed by atoms with Gasteiger partial charge >= 0.3 is 0 Å². The van der Waals surface area contributed by atoms with Gasteiger partial charge < -0.3 is 0 Å². The maximum Gasteiger partial charge on any atom is 0.140 e. The normalized spacial score (nSPS) is 26.2. The van der Waals surface area contributed by atoms with Gasteiger partial charge in [0, 0.05) is 28.9 Å². The number of nitrogens with zero attached hydrogens (tertiary/aromatic N) is 1. The van der Waals surface area contributed by atoms with Gasteiger partial charge in [0.25, 0.3) is 0 Å². The molecule has 0 spiro atoms. The van der Waals surface area contributed by atoms with E-state index in [9.17, 15) is 9.18 Å². The Morgan fingerprint density at radius 1 is 1.06 bits per heavy atom.